The second kappa shape index (κ2) is 5.62. The first-order valence-electron chi connectivity index (χ1n) is 8.36. The Morgan fingerprint density at radius 3 is 3.00 bits per heavy atom. The lowest BCUT2D eigenvalue weighted by molar-refractivity contribution is -0.115. The van der Waals surface area contributed by atoms with Gasteiger partial charge >= 0.3 is 0 Å². The number of carbonyl (C=O) groups is 1. The Morgan fingerprint density at radius 1 is 1.35 bits per heavy atom. The molecule has 2 N–H and O–H groups in total. The SMILES string of the molecule is CC(=O)C1=C[C@H]2C[C@H](C1)CN(O)CCc1c2[nH]c2ccccc12. The molecule has 0 radical (unpaired) electrons. The number of para-hydroxylation sites is 1. The number of allylic oxidation sites excluding steroid dienone is 2. The van der Waals surface area contributed by atoms with Crippen molar-refractivity contribution in [1.29, 1.82) is 0 Å². The molecule has 0 unspecified atom stereocenters. The number of H-pyrrole nitrogens is 1. The summed E-state index contributed by atoms with van der Waals surface area (Å²) in [5, 5.41) is 12.9. The minimum Gasteiger partial charge on any atom is -0.358 e. The summed E-state index contributed by atoms with van der Waals surface area (Å²) in [6.07, 6.45) is 4.73. The molecule has 0 saturated heterocycles. The van der Waals surface area contributed by atoms with E-state index in [2.05, 4.69) is 29.3 Å². The summed E-state index contributed by atoms with van der Waals surface area (Å²) in [4.78, 5) is 15.5. The van der Waals surface area contributed by atoms with Crippen LogP contribution in [0.25, 0.3) is 10.9 Å². The lowest BCUT2D eigenvalue weighted by atomic mass is 9.79. The van der Waals surface area contributed by atoms with Gasteiger partial charge in [-0.3, -0.25) is 4.79 Å². The molecular formula is C19H22N2O2. The van der Waals surface area contributed by atoms with Crippen LogP contribution >= 0.6 is 0 Å². The van der Waals surface area contributed by atoms with Crippen molar-refractivity contribution in [2.24, 2.45) is 5.92 Å². The van der Waals surface area contributed by atoms with E-state index < -0.39 is 0 Å². The third-order valence-corrected chi connectivity index (χ3v) is 5.26. The Labute approximate surface area is 135 Å². The number of nitrogens with zero attached hydrogens (tertiary/aromatic N) is 1. The summed E-state index contributed by atoms with van der Waals surface area (Å²) in [6.45, 7) is 2.92. The molecule has 1 aliphatic heterocycles. The number of carbonyl (C=O) groups excluding carboxylic acids is 1. The molecule has 1 aromatic carbocycles. The van der Waals surface area contributed by atoms with Gasteiger partial charge in [0, 0.05) is 35.6 Å². The average Bonchev–Trinajstić information content (AvgIpc) is 2.91. The lowest BCUT2D eigenvalue weighted by Crippen LogP contribution is -2.30. The Bertz CT molecular complexity index is 790. The van der Waals surface area contributed by atoms with Crippen molar-refractivity contribution in [3.05, 3.63) is 47.2 Å². The lowest BCUT2D eigenvalue weighted by Gasteiger charge is -2.28. The average molecular weight is 310 g/mol. The maximum Gasteiger partial charge on any atom is 0.155 e. The van der Waals surface area contributed by atoms with Crippen LogP contribution in [0.3, 0.4) is 0 Å². The number of nitrogens with one attached hydrogen (secondary N) is 1. The molecule has 2 aliphatic rings. The number of ketones is 1. The minimum atomic E-state index is 0.154. The number of hydrogen-bond donors (Lipinski definition) is 2. The van der Waals surface area contributed by atoms with Crippen LogP contribution in [0.4, 0.5) is 0 Å². The zero-order valence-corrected chi connectivity index (χ0v) is 13.4. The van der Waals surface area contributed by atoms with Crippen LogP contribution in [-0.4, -0.2) is 34.1 Å². The van der Waals surface area contributed by atoms with Gasteiger partial charge in [0.1, 0.15) is 0 Å². The Kier molecular flexibility index (Phi) is 3.58. The van der Waals surface area contributed by atoms with Gasteiger partial charge in [-0.2, -0.15) is 5.06 Å². The number of Topliss-reactive ketones (excluding diaryl/α,β-unsaturated/α-hetero) is 1. The summed E-state index contributed by atoms with van der Waals surface area (Å²) in [7, 11) is 0. The normalized spacial score (nSPS) is 25.2. The molecule has 120 valence electrons. The fourth-order valence-electron chi connectivity index (χ4n) is 4.17. The van der Waals surface area contributed by atoms with Gasteiger partial charge < -0.3 is 10.2 Å². The summed E-state index contributed by atoms with van der Waals surface area (Å²) in [6, 6.07) is 8.33. The minimum absolute atomic E-state index is 0.154. The van der Waals surface area contributed by atoms with Crippen LogP contribution in [0.1, 0.15) is 36.9 Å². The Hall–Kier alpha value is -1.91. The third-order valence-electron chi connectivity index (χ3n) is 5.26. The van der Waals surface area contributed by atoms with Crippen molar-refractivity contribution in [2.45, 2.75) is 32.1 Å². The summed E-state index contributed by atoms with van der Waals surface area (Å²) >= 11 is 0. The zero-order chi connectivity index (χ0) is 16.0. The largest absolute Gasteiger partial charge is 0.358 e. The van der Waals surface area contributed by atoms with Gasteiger partial charge in [0.05, 0.1) is 0 Å². The van der Waals surface area contributed by atoms with E-state index >= 15 is 0 Å². The van der Waals surface area contributed by atoms with E-state index in [1.807, 2.05) is 6.07 Å². The highest BCUT2D eigenvalue weighted by atomic mass is 16.5. The number of aromatic amines is 1. The van der Waals surface area contributed by atoms with Crippen molar-refractivity contribution in [3.63, 3.8) is 0 Å². The second-order valence-electron chi connectivity index (χ2n) is 6.89. The van der Waals surface area contributed by atoms with Gasteiger partial charge in [-0.15, -0.1) is 0 Å². The first-order chi connectivity index (χ1) is 11.1. The molecule has 4 rings (SSSR count). The topological polar surface area (TPSA) is 56.3 Å². The fraction of sp³-hybridized carbons (Fsp3) is 0.421. The molecule has 0 fully saturated rings. The molecule has 23 heavy (non-hydrogen) atoms. The van der Waals surface area contributed by atoms with Crippen molar-refractivity contribution >= 4 is 16.7 Å². The van der Waals surface area contributed by atoms with Crippen LogP contribution in [0.15, 0.2) is 35.9 Å². The highest BCUT2D eigenvalue weighted by Gasteiger charge is 2.30. The van der Waals surface area contributed by atoms with E-state index in [-0.39, 0.29) is 11.7 Å². The summed E-state index contributed by atoms with van der Waals surface area (Å²) in [5.41, 5.74) is 4.56. The maximum absolute atomic E-state index is 11.9. The smallest absolute Gasteiger partial charge is 0.155 e. The van der Waals surface area contributed by atoms with E-state index in [1.165, 1.54) is 21.7 Å². The van der Waals surface area contributed by atoms with Crippen LogP contribution in [0.5, 0.6) is 0 Å². The monoisotopic (exact) mass is 310 g/mol. The number of benzene rings is 1. The molecule has 2 bridgehead atoms. The number of rotatable bonds is 1. The molecule has 2 aromatic rings. The first kappa shape index (κ1) is 14.7. The van der Waals surface area contributed by atoms with Crippen molar-refractivity contribution in [1.82, 2.24) is 10.0 Å². The van der Waals surface area contributed by atoms with Crippen LogP contribution in [0, 0.1) is 5.92 Å². The molecule has 2 heterocycles. The molecule has 0 spiro atoms. The second-order valence-corrected chi connectivity index (χ2v) is 6.89. The van der Waals surface area contributed by atoms with Gasteiger partial charge in [-0.1, -0.05) is 24.3 Å². The standard InChI is InChI=1S/C19H22N2O2/c1-12(22)14-8-13-9-15(10-14)19-17(6-7-21(23)11-13)16-4-2-3-5-18(16)20-19/h2-5,10,13,15,20,23H,6-9,11H2,1H3/t13-,15+/m0/s1. The summed E-state index contributed by atoms with van der Waals surface area (Å²) in [5.74, 6) is 0.717. The number of aromatic nitrogens is 1. The van der Waals surface area contributed by atoms with Crippen molar-refractivity contribution in [3.8, 4) is 0 Å². The van der Waals surface area contributed by atoms with E-state index in [1.54, 1.807) is 6.92 Å². The zero-order valence-electron chi connectivity index (χ0n) is 13.4. The molecule has 4 heteroatoms. The van der Waals surface area contributed by atoms with E-state index in [9.17, 15) is 10.0 Å². The highest BCUT2D eigenvalue weighted by molar-refractivity contribution is 5.93. The first-order valence-corrected chi connectivity index (χ1v) is 8.36. The van der Waals surface area contributed by atoms with Gasteiger partial charge in [0.2, 0.25) is 0 Å². The Balaban J connectivity index is 1.88. The molecule has 0 amide bonds. The third kappa shape index (κ3) is 2.62. The van der Waals surface area contributed by atoms with Gasteiger partial charge in [-0.25, -0.2) is 0 Å². The number of hydroxylamine groups is 2. The molecule has 4 nitrogen and oxygen atoms in total. The van der Waals surface area contributed by atoms with Gasteiger partial charge in [0.25, 0.3) is 0 Å². The fourth-order valence-corrected chi connectivity index (χ4v) is 4.17. The van der Waals surface area contributed by atoms with E-state index in [4.69, 9.17) is 0 Å². The van der Waals surface area contributed by atoms with Gasteiger partial charge in [-0.05, 0) is 49.3 Å². The van der Waals surface area contributed by atoms with Gasteiger partial charge in [0.15, 0.2) is 5.78 Å². The number of fused-ring (bicyclic) bond motifs is 6. The van der Waals surface area contributed by atoms with Crippen molar-refractivity contribution < 1.29 is 10.0 Å². The quantitative estimate of drug-likeness (QED) is 0.848. The molecule has 2 atom stereocenters. The van der Waals surface area contributed by atoms with E-state index in [0.29, 0.717) is 19.0 Å². The number of hydrogen-bond acceptors (Lipinski definition) is 3. The van der Waals surface area contributed by atoms with E-state index in [0.717, 1.165) is 30.4 Å². The van der Waals surface area contributed by atoms with Crippen LogP contribution < -0.4 is 0 Å². The highest BCUT2D eigenvalue weighted by Crippen LogP contribution is 2.39. The Morgan fingerprint density at radius 2 is 2.17 bits per heavy atom. The predicted molar refractivity (Wildman–Crippen MR) is 89.6 cm³/mol. The van der Waals surface area contributed by atoms with Crippen LogP contribution in [0.2, 0.25) is 0 Å². The molecular weight excluding hydrogens is 288 g/mol. The predicted octanol–water partition coefficient (Wildman–Crippen LogP) is 3.42. The summed E-state index contributed by atoms with van der Waals surface area (Å²) < 4.78 is 0. The van der Waals surface area contributed by atoms with Crippen LogP contribution in [-0.2, 0) is 11.2 Å². The maximum atomic E-state index is 11.9. The van der Waals surface area contributed by atoms with Crippen molar-refractivity contribution in [2.75, 3.05) is 13.1 Å². The molecule has 1 aliphatic carbocycles. The molecule has 1 aromatic heterocycles. The molecule has 0 saturated carbocycles.